The van der Waals surface area contributed by atoms with Gasteiger partial charge in [-0.3, -0.25) is 4.79 Å². The Hall–Kier alpha value is -0.653. The van der Waals surface area contributed by atoms with Crippen molar-refractivity contribution in [3.05, 3.63) is 12.2 Å². The summed E-state index contributed by atoms with van der Waals surface area (Å²) in [6.07, 6.45) is 11.8. The third-order valence-electron chi connectivity index (χ3n) is 10.2. The van der Waals surface area contributed by atoms with Gasteiger partial charge < -0.3 is 14.4 Å². The largest absolute Gasteiger partial charge is 0.414 e. The molecule has 0 aliphatic heterocycles. The predicted molar refractivity (Wildman–Crippen MR) is 140 cm³/mol. The van der Waals surface area contributed by atoms with Crippen molar-refractivity contribution >= 4 is 14.2 Å². The number of amides is 1. The zero-order valence-electron chi connectivity index (χ0n) is 22.7. The molecule has 0 radical (unpaired) electrons. The van der Waals surface area contributed by atoms with Crippen molar-refractivity contribution in [3.8, 4) is 0 Å². The first-order valence-electron chi connectivity index (χ1n) is 13.7. The summed E-state index contributed by atoms with van der Waals surface area (Å²) in [4.78, 5) is 14.3. The summed E-state index contributed by atoms with van der Waals surface area (Å²) in [5.74, 6) is 1.29. The zero-order chi connectivity index (χ0) is 24.7. The average molecular weight is 478 g/mol. The lowest BCUT2D eigenvalue weighted by Gasteiger charge is -2.50. The van der Waals surface area contributed by atoms with E-state index in [0.717, 1.165) is 12.8 Å². The fourth-order valence-electron chi connectivity index (χ4n) is 7.66. The van der Waals surface area contributed by atoms with Crippen molar-refractivity contribution in [2.75, 3.05) is 14.1 Å². The van der Waals surface area contributed by atoms with Gasteiger partial charge in [-0.1, -0.05) is 60.1 Å². The van der Waals surface area contributed by atoms with E-state index in [2.05, 4.69) is 47.6 Å². The molecule has 4 nitrogen and oxygen atoms in total. The third-order valence-corrected chi connectivity index (χ3v) is 14.9. The highest BCUT2D eigenvalue weighted by molar-refractivity contribution is 6.73. The van der Waals surface area contributed by atoms with Gasteiger partial charge in [0.05, 0.1) is 11.5 Å². The van der Waals surface area contributed by atoms with E-state index < -0.39 is 19.8 Å². The minimum absolute atomic E-state index is 0.0155. The molecule has 3 fully saturated rings. The van der Waals surface area contributed by atoms with Crippen molar-refractivity contribution in [1.82, 2.24) is 4.90 Å². The van der Waals surface area contributed by atoms with Crippen LogP contribution in [-0.4, -0.2) is 50.5 Å². The van der Waals surface area contributed by atoms with Crippen molar-refractivity contribution in [1.29, 1.82) is 0 Å². The molecule has 33 heavy (non-hydrogen) atoms. The van der Waals surface area contributed by atoms with E-state index >= 15 is 0 Å². The highest BCUT2D eigenvalue weighted by Crippen LogP contribution is 2.62. The maximum absolute atomic E-state index is 12.6. The SMILES string of the molecule is CC[Si](CC)(CC)O[C@H]1CCC[C@]2(C)C(C(C)(C)/C=C/[C@H](O)C3(C(=O)N(C)C)CC3)CC[C@@H]12. The van der Waals surface area contributed by atoms with Gasteiger partial charge in [0.2, 0.25) is 5.91 Å². The molecular formula is C28H51NO3Si. The summed E-state index contributed by atoms with van der Waals surface area (Å²) in [6, 6.07) is 3.68. The minimum Gasteiger partial charge on any atom is -0.414 e. The molecule has 0 bridgehead atoms. The Morgan fingerprint density at radius 1 is 1.12 bits per heavy atom. The quantitative estimate of drug-likeness (QED) is 0.292. The Bertz CT molecular complexity index is 716. The highest BCUT2D eigenvalue weighted by atomic mass is 28.4. The Kier molecular flexibility index (Phi) is 7.98. The standard InChI is InChI=1S/C28H51NO3Si/c1-9-33(10-2,11-3)32-22-13-12-17-27(6)21(22)14-15-23(27)26(4,5)18-16-24(30)28(19-20-28)25(31)29(7)8/h16,18,21-24,30H,9-15,17,19-20H2,1-8H3/b18-16+/t21-,22-,23?,24-,27-/m0/s1. The predicted octanol–water partition coefficient (Wildman–Crippen LogP) is 6.40. The van der Waals surface area contributed by atoms with Crippen molar-refractivity contribution in [2.45, 2.75) is 117 Å². The number of aliphatic hydroxyl groups excluding tert-OH is 1. The summed E-state index contributed by atoms with van der Waals surface area (Å²) in [5, 5.41) is 11.0. The van der Waals surface area contributed by atoms with Gasteiger partial charge in [0.1, 0.15) is 0 Å². The lowest BCUT2D eigenvalue weighted by atomic mass is 9.58. The summed E-state index contributed by atoms with van der Waals surface area (Å²) >= 11 is 0. The number of carbonyl (C=O) groups excluding carboxylic acids is 1. The van der Waals surface area contributed by atoms with Crippen LogP contribution in [0.25, 0.3) is 0 Å². The molecule has 0 heterocycles. The van der Waals surface area contributed by atoms with E-state index in [1.165, 1.54) is 50.2 Å². The van der Waals surface area contributed by atoms with E-state index in [-0.39, 0.29) is 16.7 Å². The number of carbonyl (C=O) groups is 1. The average Bonchev–Trinajstić information content (AvgIpc) is 3.51. The van der Waals surface area contributed by atoms with Gasteiger partial charge in [0.15, 0.2) is 8.32 Å². The van der Waals surface area contributed by atoms with Gasteiger partial charge in [-0.05, 0) is 79.3 Å². The van der Waals surface area contributed by atoms with E-state index in [1.54, 1.807) is 19.0 Å². The van der Waals surface area contributed by atoms with Crippen LogP contribution < -0.4 is 0 Å². The van der Waals surface area contributed by atoms with Crippen LogP contribution in [0.4, 0.5) is 0 Å². The van der Waals surface area contributed by atoms with Crippen LogP contribution in [0.1, 0.15) is 86.5 Å². The van der Waals surface area contributed by atoms with Crippen LogP contribution in [0.3, 0.4) is 0 Å². The van der Waals surface area contributed by atoms with Gasteiger partial charge in [-0.25, -0.2) is 0 Å². The molecule has 1 unspecified atom stereocenters. The Morgan fingerprint density at radius 3 is 2.24 bits per heavy atom. The molecule has 5 heteroatoms. The summed E-state index contributed by atoms with van der Waals surface area (Å²) in [5.41, 5.74) is -0.317. The number of allylic oxidation sites excluding steroid dienone is 1. The second-order valence-corrected chi connectivity index (χ2v) is 17.2. The molecule has 3 saturated carbocycles. The van der Waals surface area contributed by atoms with Gasteiger partial charge in [0.25, 0.3) is 0 Å². The van der Waals surface area contributed by atoms with Crippen LogP contribution in [-0.2, 0) is 9.22 Å². The van der Waals surface area contributed by atoms with Crippen LogP contribution in [0, 0.1) is 28.1 Å². The lowest BCUT2D eigenvalue weighted by Crippen LogP contribution is -2.49. The van der Waals surface area contributed by atoms with Gasteiger partial charge >= 0.3 is 0 Å². The Balaban J connectivity index is 1.76. The lowest BCUT2D eigenvalue weighted by molar-refractivity contribution is -0.137. The molecule has 0 saturated heterocycles. The first-order chi connectivity index (χ1) is 15.4. The Morgan fingerprint density at radius 2 is 1.73 bits per heavy atom. The summed E-state index contributed by atoms with van der Waals surface area (Å²) < 4.78 is 7.11. The summed E-state index contributed by atoms with van der Waals surface area (Å²) in [6.45, 7) is 14.2. The maximum atomic E-state index is 12.6. The number of nitrogens with zero attached hydrogens (tertiary/aromatic N) is 1. The van der Waals surface area contributed by atoms with Crippen molar-refractivity contribution in [2.24, 2.45) is 28.1 Å². The van der Waals surface area contributed by atoms with Crippen LogP contribution in [0.2, 0.25) is 18.1 Å². The topological polar surface area (TPSA) is 49.8 Å². The van der Waals surface area contributed by atoms with Crippen molar-refractivity contribution in [3.63, 3.8) is 0 Å². The molecule has 0 spiro atoms. The van der Waals surface area contributed by atoms with Gasteiger partial charge in [0, 0.05) is 20.2 Å². The number of rotatable bonds is 10. The maximum Gasteiger partial charge on any atom is 0.231 e. The molecule has 3 aliphatic rings. The van der Waals surface area contributed by atoms with Crippen molar-refractivity contribution < 1.29 is 14.3 Å². The van der Waals surface area contributed by atoms with E-state index in [1.807, 2.05) is 6.08 Å². The molecule has 3 aliphatic carbocycles. The number of hydrogen-bond donors (Lipinski definition) is 1. The Labute approximate surface area is 204 Å². The molecule has 1 amide bonds. The van der Waals surface area contributed by atoms with Gasteiger partial charge in [-0.15, -0.1) is 0 Å². The zero-order valence-corrected chi connectivity index (χ0v) is 23.7. The highest BCUT2D eigenvalue weighted by Gasteiger charge is 2.57. The van der Waals surface area contributed by atoms with Gasteiger partial charge in [-0.2, -0.15) is 0 Å². The van der Waals surface area contributed by atoms with E-state index in [0.29, 0.717) is 17.9 Å². The first-order valence-corrected chi connectivity index (χ1v) is 16.2. The fraction of sp³-hybridized carbons (Fsp3) is 0.893. The molecule has 190 valence electrons. The number of hydrogen-bond acceptors (Lipinski definition) is 3. The molecular weight excluding hydrogens is 426 g/mol. The normalized spacial score (nSPS) is 32.6. The van der Waals surface area contributed by atoms with E-state index in [9.17, 15) is 9.90 Å². The number of fused-ring (bicyclic) bond motifs is 1. The van der Waals surface area contributed by atoms with Crippen LogP contribution in [0.5, 0.6) is 0 Å². The molecule has 1 N–H and O–H groups in total. The second-order valence-electron chi connectivity index (χ2n) is 12.5. The number of aliphatic hydroxyl groups is 1. The summed E-state index contributed by atoms with van der Waals surface area (Å²) in [7, 11) is 1.96. The molecule has 0 aromatic heterocycles. The molecule has 3 rings (SSSR count). The molecule has 0 aromatic rings. The first kappa shape index (κ1) is 26.9. The fourth-order valence-corrected chi connectivity index (χ4v) is 10.6. The van der Waals surface area contributed by atoms with Crippen LogP contribution in [0.15, 0.2) is 12.2 Å². The molecule has 5 atom stereocenters. The smallest absolute Gasteiger partial charge is 0.231 e. The van der Waals surface area contributed by atoms with E-state index in [4.69, 9.17) is 4.43 Å². The molecule has 0 aromatic carbocycles. The second kappa shape index (κ2) is 9.77. The third kappa shape index (κ3) is 4.88. The van der Waals surface area contributed by atoms with Crippen LogP contribution >= 0.6 is 0 Å². The minimum atomic E-state index is -1.61. The monoisotopic (exact) mass is 477 g/mol.